The number of carbonyl (C=O) groups is 1. The van der Waals surface area contributed by atoms with Crippen LogP contribution in [0, 0.1) is 17.0 Å². The van der Waals surface area contributed by atoms with Crippen LogP contribution in [0.25, 0.3) is 0 Å². The van der Waals surface area contributed by atoms with Gasteiger partial charge in [0.2, 0.25) is 10.0 Å². The number of morpholine rings is 1. The highest BCUT2D eigenvalue weighted by Crippen LogP contribution is 2.22. The van der Waals surface area contributed by atoms with E-state index in [2.05, 4.69) is 10.4 Å². The highest BCUT2D eigenvalue weighted by molar-refractivity contribution is 7.89. The third-order valence-corrected chi connectivity index (χ3v) is 6.72. The first-order valence-corrected chi connectivity index (χ1v) is 10.9. The van der Waals surface area contributed by atoms with Gasteiger partial charge < -0.3 is 20.2 Å². The van der Waals surface area contributed by atoms with Gasteiger partial charge in [0.1, 0.15) is 0 Å². The number of aryl methyl sites for hydroxylation is 1. The second-order valence-electron chi connectivity index (χ2n) is 6.80. The van der Waals surface area contributed by atoms with Crippen LogP contribution in [0.15, 0.2) is 35.2 Å². The molecule has 1 unspecified atom stereocenters. The van der Waals surface area contributed by atoms with E-state index in [1.54, 1.807) is 13.8 Å². The van der Waals surface area contributed by atoms with Gasteiger partial charge in [0.05, 0.1) is 35.0 Å². The lowest BCUT2D eigenvalue weighted by molar-refractivity contribution is -0.389. The molecule has 0 radical (unpaired) electrons. The molecule has 30 heavy (non-hydrogen) atoms. The molecule has 1 fully saturated rings. The second kappa shape index (κ2) is 8.90. The fourth-order valence-corrected chi connectivity index (χ4v) is 4.62. The summed E-state index contributed by atoms with van der Waals surface area (Å²) < 4.78 is 33.2. The summed E-state index contributed by atoms with van der Waals surface area (Å²) in [5.41, 5.74) is 0.911. The molecule has 1 saturated heterocycles. The van der Waals surface area contributed by atoms with Crippen LogP contribution in [-0.4, -0.2) is 59.6 Å². The fourth-order valence-electron chi connectivity index (χ4n) is 3.22. The fraction of sp³-hybridized carbons (Fsp3) is 0.444. The smallest absolute Gasteiger partial charge is 0.379 e. The maximum absolute atomic E-state index is 12.7. The summed E-state index contributed by atoms with van der Waals surface area (Å²) in [7, 11) is -3.62. The van der Waals surface area contributed by atoms with Crippen molar-refractivity contribution in [3.8, 4) is 0 Å². The number of nitro groups is 1. The zero-order chi connectivity index (χ0) is 21.9. The van der Waals surface area contributed by atoms with Crippen LogP contribution < -0.4 is 5.32 Å². The highest BCUT2D eigenvalue weighted by Gasteiger charge is 2.28. The van der Waals surface area contributed by atoms with Gasteiger partial charge in [-0.2, -0.15) is 8.99 Å². The van der Waals surface area contributed by atoms with Gasteiger partial charge in [-0.05, 0) is 42.5 Å². The lowest BCUT2D eigenvalue weighted by Gasteiger charge is -2.26. The van der Waals surface area contributed by atoms with Gasteiger partial charge in [0, 0.05) is 18.8 Å². The highest BCUT2D eigenvalue weighted by atomic mass is 32.2. The van der Waals surface area contributed by atoms with Crippen LogP contribution >= 0.6 is 0 Å². The number of rotatable bonds is 7. The number of amides is 1. The Morgan fingerprint density at radius 2 is 1.93 bits per heavy atom. The third kappa shape index (κ3) is 4.50. The minimum Gasteiger partial charge on any atom is -0.379 e. The van der Waals surface area contributed by atoms with Crippen molar-refractivity contribution in [3.63, 3.8) is 0 Å². The topological polar surface area (TPSA) is 137 Å². The molecule has 2 heterocycles. The minimum atomic E-state index is -3.62. The molecule has 3 rings (SSSR count). The largest absolute Gasteiger partial charge is 0.390 e. The Kier molecular flexibility index (Phi) is 6.48. The summed E-state index contributed by atoms with van der Waals surface area (Å²) in [5, 5.41) is 17.6. The first-order chi connectivity index (χ1) is 14.2. The van der Waals surface area contributed by atoms with Gasteiger partial charge in [0.25, 0.3) is 5.91 Å². The van der Waals surface area contributed by atoms with Gasteiger partial charge in [0.15, 0.2) is 6.04 Å². The molecule has 1 amide bonds. The summed E-state index contributed by atoms with van der Waals surface area (Å²) in [4.78, 5) is 23.2. The van der Waals surface area contributed by atoms with Gasteiger partial charge in [-0.1, -0.05) is 6.92 Å². The molecule has 1 N–H and O–H groups in total. The number of hydrogen-bond acceptors (Lipinski definition) is 7. The Morgan fingerprint density at radius 3 is 2.47 bits per heavy atom. The van der Waals surface area contributed by atoms with Crippen LogP contribution in [0.2, 0.25) is 0 Å². The van der Waals surface area contributed by atoms with E-state index < -0.39 is 26.9 Å². The molecule has 0 aliphatic carbocycles. The molecule has 0 spiro atoms. The van der Waals surface area contributed by atoms with Gasteiger partial charge >= 0.3 is 5.82 Å². The van der Waals surface area contributed by atoms with Crippen molar-refractivity contribution in [3.05, 3.63) is 46.1 Å². The molecule has 1 aromatic heterocycles. The van der Waals surface area contributed by atoms with E-state index in [0.717, 1.165) is 0 Å². The van der Waals surface area contributed by atoms with Crippen LogP contribution in [0.1, 0.15) is 25.1 Å². The summed E-state index contributed by atoms with van der Waals surface area (Å²) in [6.07, 6.45) is 0.370. The number of sulfonamides is 1. The molecule has 1 aromatic carbocycles. The number of anilines is 1. The van der Waals surface area contributed by atoms with E-state index in [0.29, 0.717) is 44.1 Å². The molecule has 1 aliphatic rings. The van der Waals surface area contributed by atoms with E-state index in [-0.39, 0.29) is 10.7 Å². The van der Waals surface area contributed by atoms with Crippen molar-refractivity contribution in [2.24, 2.45) is 0 Å². The Balaban J connectivity index is 1.74. The van der Waals surface area contributed by atoms with Gasteiger partial charge in [-0.3, -0.25) is 4.79 Å². The molecule has 2 aromatic rings. The molecule has 162 valence electrons. The second-order valence-corrected chi connectivity index (χ2v) is 8.74. The van der Waals surface area contributed by atoms with E-state index >= 15 is 0 Å². The molecule has 0 saturated carbocycles. The van der Waals surface area contributed by atoms with Crippen molar-refractivity contribution in [2.45, 2.75) is 31.2 Å². The first-order valence-electron chi connectivity index (χ1n) is 9.43. The molecular weight excluding hydrogens is 414 g/mol. The van der Waals surface area contributed by atoms with Crippen LogP contribution in [0.3, 0.4) is 0 Å². The number of aromatic nitrogens is 2. The zero-order valence-electron chi connectivity index (χ0n) is 16.6. The predicted molar refractivity (Wildman–Crippen MR) is 108 cm³/mol. The Labute approximate surface area is 173 Å². The number of benzene rings is 1. The normalized spacial score (nSPS) is 16.2. The molecule has 0 bridgehead atoms. The maximum Gasteiger partial charge on any atom is 0.390 e. The average Bonchev–Trinajstić information content (AvgIpc) is 3.11. The molecular formula is C18H23N5O6S. The van der Waals surface area contributed by atoms with Crippen molar-refractivity contribution in [1.29, 1.82) is 0 Å². The SMILES string of the molecule is CCC(C(=O)Nc1ccc(S(=O)(=O)N2CCOCC2)cc1)n1nc([N+](=O)[O-])cc1C. The standard InChI is InChI=1S/C18H23N5O6S/c1-3-16(22-13(2)12-17(20-22)23(25)26)18(24)19-14-4-6-15(7-5-14)30(27,28)21-8-10-29-11-9-21/h4-7,12,16H,3,8-11H2,1-2H3,(H,19,24). The maximum atomic E-state index is 12.7. The zero-order valence-corrected chi connectivity index (χ0v) is 17.5. The van der Waals surface area contributed by atoms with Crippen molar-refractivity contribution in [1.82, 2.24) is 14.1 Å². The Bertz CT molecular complexity index is 1030. The van der Waals surface area contributed by atoms with Crippen LogP contribution in [-0.2, 0) is 19.6 Å². The van der Waals surface area contributed by atoms with Gasteiger partial charge in [-0.15, -0.1) is 0 Å². The lowest BCUT2D eigenvalue weighted by atomic mass is 10.2. The van der Waals surface area contributed by atoms with E-state index in [1.165, 1.54) is 39.3 Å². The first kappa shape index (κ1) is 21.9. The quantitative estimate of drug-likeness (QED) is 0.514. The van der Waals surface area contributed by atoms with E-state index in [1.807, 2.05) is 0 Å². The molecule has 1 aliphatic heterocycles. The van der Waals surface area contributed by atoms with Crippen LogP contribution in [0.4, 0.5) is 11.5 Å². The number of carbonyl (C=O) groups excluding carboxylic acids is 1. The van der Waals surface area contributed by atoms with Crippen molar-refractivity contribution >= 4 is 27.4 Å². The Hall–Kier alpha value is -2.83. The number of hydrogen-bond donors (Lipinski definition) is 1. The molecule has 11 nitrogen and oxygen atoms in total. The predicted octanol–water partition coefficient (Wildman–Crippen LogP) is 1.71. The summed E-state index contributed by atoms with van der Waals surface area (Å²) in [6, 6.07) is 6.46. The third-order valence-electron chi connectivity index (χ3n) is 4.81. The summed E-state index contributed by atoms with van der Waals surface area (Å²) in [5.74, 6) is -0.723. The number of nitrogens with one attached hydrogen (secondary N) is 1. The van der Waals surface area contributed by atoms with Crippen molar-refractivity contribution < 1.29 is 22.9 Å². The van der Waals surface area contributed by atoms with Crippen LogP contribution in [0.5, 0.6) is 0 Å². The number of nitrogens with zero attached hydrogens (tertiary/aromatic N) is 4. The average molecular weight is 437 g/mol. The minimum absolute atomic E-state index is 0.132. The Morgan fingerprint density at radius 1 is 1.30 bits per heavy atom. The molecule has 1 atom stereocenters. The monoisotopic (exact) mass is 437 g/mol. The van der Waals surface area contributed by atoms with E-state index in [9.17, 15) is 23.3 Å². The number of ether oxygens (including phenoxy) is 1. The molecule has 12 heteroatoms. The lowest BCUT2D eigenvalue weighted by Crippen LogP contribution is -2.40. The van der Waals surface area contributed by atoms with E-state index in [4.69, 9.17) is 4.74 Å². The summed E-state index contributed by atoms with van der Waals surface area (Å²) >= 11 is 0. The van der Waals surface area contributed by atoms with Crippen molar-refractivity contribution in [2.75, 3.05) is 31.6 Å². The van der Waals surface area contributed by atoms with Gasteiger partial charge in [-0.25, -0.2) is 8.42 Å². The summed E-state index contributed by atoms with van der Waals surface area (Å²) in [6.45, 7) is 4.73.